The van der Waals surface area contributed by atoms with E-state index >= 15 is 0 Å². The Morgan fingerprint density at radius 3 is 2.22 bits per heavy atom. The summed E-state index contributed by atoms with van der Waals surface area (Å²) in [4.78, 5) is 24.5. The van der Waals surface area contributed by atoms with Crippen molar-refractivity contribution in [3.63, 3.8) is 0 Å². The Bertz CT molecular complexity index is 704. The zero-order valence-corrected chi connectivity index (χ0v) is 23.0. The van der Waals surface area contributed by atoms with Crippen LogP contribution in [0.5, 0.6) is 0 Å². The highest BCUT2D eigenvalue weighted by atomic mass is 16.7. The lowest BCUT2D eigenvalue weighted by Crippen LogP contribution is -2.74. The van der Waals surface area contributed by atoms with Gasteiger partial charge in [0.15, 0.2) is 11.3 Å². The number of aliphatic hydroxyl groups is 1. The van der Waals surface area contributed by atoms with Crippen molar-refractivity contribution >= 4 is 11.8 Å². The summed E-state index contributed by atoms with van der Waals surface area (Å²) in [5.74, 6) is -1.13. The molecule has 2 saturated heterocycles. The molecule has 0 unspecified atom stereocenters. The molecule has 208 valence electrons. The highest BCUT2D eigenvalue weighted by Crippen LogP contribution is 2.32. The van der Waals surface area contributed by atoms with Crippen LogP contribution in [-0.4, -0.2) is 59.9 Å². The molecule has 8 nitrogen and oxygen atoms in total. The van der Waals surface area contributed by atoms with Crippen LogP contribution in [0.25, 0.3) is 0 Å². The maximum Gasteiger partial charge on any atom is 0.253 e. The first kappa shape index (κ1) is 30.7. The second-order valence-electron chi connectivity index (χ2n) is 10.8. The van der Waals surface area contributed by atoms with Gasteiger partial charge in [-0.25, -0.2) is 0 Å². The van der Waals surface area contributed by atoms with Crippen LogP contribution >= 0.6 is 0 Å². The van der Waals surface area contributed by atoms with Gasteiger partial charge in [0.1, 0.15) is 5.72 Å². The molecule has 0 radical (unpaired) electrons. The predicted octanol–water partition coefficient (Wildman–Crippen LogP) is 4.50. The maximum absolute atomic E-state index is 12.8. The second kappa shape index (κ2) is 15.1. The first-order valence-electron chi connectivity index (χ1n) is 14.0. The summed E-state index contributed by atoms with van der Waals surface area (Å²) in [5.41, 5.74) is -2.29. The molecule has 36 heavy (non-hydrogen) atoms. The highest BCUT2D eigenvalue weighted by Gasteiger charge is 2.51. The number of unbranched alkanes of at least 4 members (excludes halogenated alkanes) is 7. The summed E-state index contributed by atoms with van der Waals surface area (Å²) in [7, 11) is 0. The van der Waals surface area contributed by atoms with Crippen molar-refractivity contribution in [1.29, 1.82) is 0 Å². The van der Waals surface area contributed by atoms with E-state index in [1.54, 1.807) is 13.8 Å². The summed E-state index contributed by atoms with van der Waals surface area (Å²) in [5, 5.41) is 16.2. The molecule has 8 heteroatoms. The summed E-state index contributed by atoms with van der Waals surface area (Å²) in [6.45, 7) is 8.41. The minimum absolute atomic E-state index is 0.0631. The smallest absolute Gasteiger partial charge is 0.253 e. The molecule has 2 heterocycles. The average Bonchev–Trinajstić information content (AvgIpc) is 3.28. The Kier molecular flexibility index (Phi) is 12.9. The van der Waals surface area contributed by atoms with Gasteiger partial charge in [-0.05, 0) is 52.4 Å². The van der Waals surface area contributed by atoms with E-state index in [4.69, 9.17) is 14.2 Å². The van der Waals surface area contributed by atoms with Gasteiger partial charge in [-0.3, -0.25) is 9.59 Å². The minimum atomic E-state index is -1.46. The van der Waals surface area contributed by atoms with Crippen LogP contribution in [0.15, 0.2) is 12.2 Å². The van der Waals surface area contributed by atoms with E-state index in [0.29, 0.717) is 12.8 Å². The summed E-state index contributed by atoms with van der Waals surface area (Å²) in [6.07, 6.45) is 16.6. The summed E-state index contributed by atoms with van der Waals surface area (Å²) >= 11 is 0. The van der Waals surface area contributed by atoms with Crippen molar-refractivity contribution in [1.82, 2.24) is 10.6 Å². The van der Waals surface area contributed by atoms with E-state index in [2.05, 4.69) is 23.6 Å². The van der Waals surface area contributed by atoms with Gasteiger partial charge in [-0.1, -0.05) is 51.2 Å². The number of hydrogen-bond donors (Lipinski definition) is 3. The Labute approximate surface area is 217 Å². The molecule has 0 spiro atoms. The van der Waals surface area contributed by atoms with Crippen LogP contribution in [0.3, 0.4) is 0 Å². The quantitative estimate of drug-likeness (QED) is 0.197. The molecule has 0 aliphatic carbocycles. The fourth-order valence-electron chi connectivity index (χ4n) is 5.00. The SMILES string of the molecule is CCCCCCC1(CCCCCC/C=C/CC[C@H](O)[C@@]2(NC(C)=O)COC(C)(C)NC2=O)OCCO1. The number of carbonyl (C=O) groups is 2. The highest BCUT2D eigenvalue weighted by molar-refractivity contribution is 5.92. The second-order valence-corrected chi connectivity index (χ2v) is 10.8. The van der Waals surface area contributed by atoms with E-state index in [-0.39, 0.29) is 18.3 Å². The first-order valence-corrected chi connectivity index (χ1v) is 14.0. The lowest BCUT2D eigenvalue weighted by molar-refractivity contribution is -0.173. The minimum Gasteiger partial charge on any atom is -0.390 e. The van der Waals surface area contributed by atoms with Crippen LogP contribution in [0.2, 0.25) is 0 Å². The van der Waals surface area contributed by atoms with Crippen molar-refractivity contribution in [3.8, 4) is 0 Å². The zero-order chi connectivity index (χ0) is 26.5. The Balaban J connectivity index is 1.63. The third-order valence-corrected chi connectivity index (χ3v) is 7.13. The predicted molar refractivity (Wildman–Crippen MR) is 140 cm³/mol. The fourth-order valence-corrected chi connectivity index (χ4v) is 5.00. The van der Waals surface area contributed by atoms with Gasteiger partial charge in [-0.15, -0.1) is 0 Å². The molecule has 0 aromatic rings. The molecule has 2 amide bonds. The van der Waals surface area contributed by atoms with Gasteiger partial charge >= 0.3 is 0 Å². The van der Waals surface area contributed by atoms with Crippen LogP contribution in [0, 0.1) is 0 Å². The molecule has 0 aromatic heterocycles. The Morgan fingerprint density at radius 1 is 1.00 bits per heavy atom. The molecule has 3 N–H and O–H groups in total. The Hall–Kier alpha value is -1.48. The normalized spacial score (nSPS) is 24.1. The molecule has 0 bridgehead atoms. The molecule has 2 aliphatic rings. The molecular formula is C28H50N2O6. The van der Waals surface area contributed by atoms with Crippen LogP contribution in [0.1, 0.15) is 111 Å². The van der Waals surface area contributed by atoms with E-state index in [0.717, 1.165) is 51.7 Å². The van der Waals surface area contributed by atoms with Crippen molar-refractivity contribution in [2.24, 2.45) is 0 Å². The number of aliphatic hydroxyl groups excluding tert-OH is 1. The third kappa shape index (κ3) is 9.77. The lowest BCUT2D eigenvalue weighted by Gasteiger charge is -2.45. The molecule has 0 aromatic carbocycles. The van der Waals surface area contributed by atoms with E-state index < -0.39 is 23.3 Å². The number of hydrogen-bond acceptors (Lipinski definition) is 6. The van der Waals surface area contributed by atoms with Gasteiger partial charge in [-0.2, -0.15) is 0 Å². The molecule has 2 fully saturated rings. The van der Waals surface area contributed by atoms with Crippen molar-refractivity contribution in [2.75, 3.05) is 19.8 Å². The van der Waals surface area contributed by atoms with Gasteiger partial charge in [0.05, 0.1) is 25.9 Å². The monoisotopic (exact) mass is 510 g/mol. The van der Waals surface area contributed by atoms with Gasteiger partial charge in [0.2, 0.25) is 5.91 Å². The lowest BCUT2D eigenvalue weighted by atomic mass is 9.86. The van der Waals surface area contributed by atoms with Crippen molar-refractivity contribution in [3.05, 3.63) is 12.2 Å². The largest absolute Gasteiger partial charge is 0.390 e. The third-order valence-electron chi connectivity index (χ3n) is 7.13. The topological polar surface area (TPSA) is 106 Å². The number of rotatable bonds is 17. The van der Waals surface area contributed by atoms with Crippen molar-refractivity contribution in [2.45, 2.75) is 134 Å². The number of allylic oxidation sites excluding steroid dienone is 2. The standard InChI is InChI=1S/C28H50N2O6/c1-5-6-7-15-18-27(34-20-21-35-27)19-16-13-11-9-8-10-12-14-17-24(32)28(29-23(2)31)22-36-26(3,4)30-25(28)33/h10,12,24,32H,5-9,11,13-22H2,1-4H3,(H,29,31)(H,30,33)/b12-10+/t24-,28-/m0/s1. The fraction of sp³-hybridized carbons (Fsp3) is 0.857. The van der Waals surface area contributed by atoms with Crippen LogP contribution < -0.4 is 10.6 Å². The van der Waals surface area contributed by atoms with E-state index in [1.165, 1.54) is 39.0 Å². The summed E-state index contributed by atoms with van der Waals surface area (Å²) in [6, 6.07) is 0. The number of carbonyl (C=O) groups excluding carboxylic acids is 2. The van der Waals surface area contributed by atoms with Crippen molar-refractivity contribution < 1.29 is 28.9 Å². The maximum atomic E-state index is 12.8. The molecule has 2 atom stereocenters. The van der Waals surface area contributed by atoms with Crippen LogP contribution in [0.4, 0.5) is 0 Å². The number of nitrogens with one attached hydrogen (secondary N) is 2. The summed E-state index contributed by atoms with van der Waals surface area (Å²) < 4.78 is 17.7. The van der Waals surface area contributed by atoms with Crippen LogP contribution in [-0.2, 0) is 23.8 Å². The first-order chi connectivity index (χ1) is 17.1. The molecular weight excluding hydrogens is 460 g/mol. The van der Waals surface area contributed by atoms with Gasteiger partial charge in [0.25, 0.3) is 5.91 Å². The van der Waals surface area contributed by atoms with E-state index in [9.17, 15) is 14.7 Å². The molecule has 0 saturated carbocycles. The zero-order valence-electron chi connectivity index (χ0n) is 23.0. The Morgan fingerprint density at radius 2 is 1.61 bits per heavy atom. The molecule has 2 rings (SSSR count). The van der Waals surface area contributed by atoms with Gasteiger partial charge in [0, 0.05) is 19.8 Å². The average molecular weight is 511 g/mol. The van der Waals surface area contributed by atoms with Gasteiger partial charge < -0.3 is 30.0 Å². The number of ether oxygens (including phenoxy) is 3. The number of amides is 2. The molecule has 2 aliphatic heterocycles. The van der Waals surface area contributed by atoms with E-state index in [1.807, 2.05) is 6.08 Å².